The fourth-order valence-corrected chi connectivity index (χ4v) is 0.669. The number of hydrogen-bond donors (Lipinski definition) is 2. The molecule has 0 spiro atoms. The monoisotopic (exact) mass is 171 g/mol. The number of rotatable bonds is 2. The topological polar surface area (TPSA) is 75.9 Å². The van der Waals surface area contributed by atoms with Crippen molar-refractivity contribution in [3.8, 4) is 0 Å². The first-order chi connectivity index (χ1) is 5.54. The highest BCUT2D eigenvalue weighted by molar-refractivity contribution is 4.76. The molecule has 0 aromatic carbocycles. The summed E-state index contributed by atoms with van der Waals surface area (Å²) < 4.78 is 0. The summed E-state index contributed by atoms with van der Waals surface area (Å²) in [6, 6.07) is 0. The molecule has 0 amide bonds. The molecule has 6 heteroatoms. The first kappa shape index (κ1) is 9.08. The van der Waals surface area contributed by atoms with Gasteiger partial charge in [0.25, 0.3) is 0 Å². The first-order valence-corrected chi connectivity index (χ1v) is 3.70. The number of tetrazole rings is 1. The Kier molecular flexibility index (Phi) is 2.39. The zero-order valence-corrected chi connectivity index (χ0v) is 7.44. The van der Waals surface area contributed by atoms with Crippen LogP contribution in [0.2, 0.25) is 0 Å². The van der Waals surface area contributed by atoms with Gasteiger partial charge in [0, 0.05) is 0 Å². The predicted molar refractivity (Wildman–Crippen MR) is 41.4 cm³/mol. The Balaban J connectivity index is 2.77. The second kappa shape index (κ2) is 3.16. The van der Waals surface area contributed by atoms with Crippen LogP contribution in [0.15, 0.2) is 0 Å². The quantitative estimate of drug-likeness (QED) is 0.608. The van der Waals surface area contributed by atoms with E-state index in [1.807, 2.05) is 26.3 Å². The van der Waals surface area contributed by atoms with Crippen LogP contribution in [0, 0.1) is 0 Å². The minimum Gasteiger partial charge on any atom is -0.316 e. The Morgan fingerprint density at radius 3 is 2.58 bits per heavy atom. The standard InChI is InChI=1S/C6H13N5O/c1-6(2,3)11-9-5(4-7-12)8-10-11/h7,12H,4H2,1-3H3. The van der Waals surface area contributed by atoms with Gasteiger partial charge in [-0.15, -0.1) is 10.2 Å². The highest BCUT2D eigenvalue weighted by Gasteiger charge is 2.16. The predicted octanol–water partition coefficient (Wildman–Crippen LogP) is -0.0931. The second-order valence-corrected chi connectivity index (χ2v) is 3.50. The third kappa shape index (κ3) is 1.99. The molecule has 0 aliphatic carbocycles. The number of nitrogens with zero attached hydrogens (tertiary/aromatic N) is 4. The molecule has 0 atom stereocenters. The molecule has 0 bridgehead atoms. The lowest BCUT2D eigenvalue weighted by molar-refractivity contribution is 0.158. The van der Waals surface area contributed by atoms with Crippen molar-refractivity contribution in [3.63, 3.8) is 0 Å². The van der Waals surface area contributed by atoms with Crippen molar-refractivity contribution in [3.05, 3.63) is 5.82 Å². The van der Waals surface area contributed by atoms with E-state index < -0.39 is 0 Å². The normalized spacial score (nSPS) is 12.0. The summed E-state index contributed by atoms with van der Waals surface area (Å²) in [7, 11) is 0. The third-order valence-electron chi connectivity index (χ3n) is 1.29. The molecule has 0 radical (unpaired) electrons. The molecule has 6 nitrogen and oxygen atoms in total. The molecule has 0 aliphatic heterocycles. The average Bonchev–Trinajstić information content (AvgIpc) is 2.35. The number of nitrogens with one attached hydrogen (secondary N) is 1. The first-order valence-electron chi connectivity index (χ1n) is 3.70. The van der Waals surface area contributed by atoms with Crippen molar-refractivity contribution in [1.82, 2.24) is 25.7 Å². The van der Waals surface area contributed by atoms with Crippen molar-refractivity contribution in [2.75, 3.05) is 0 Å². The Morgan fingerprint density at radius 2 is 2.17 bits per heavy atom. The summed E-state index contributed by atoms with van der Waals surface area (Å²) in [5.41, 5.74) is 1.80. The molecule has 1 aromatic rings. The number of hydrogen-bond acceptors (Lipinski definition) is 5. The van der Waals surface area contributed by atoms with Crippen molar-refractivity contribution >= 4 is 0 Å². The van der Waals surface area contributed by atoms with E-state index >= 15 is 0 Å². The molecule has 0 saturated heterocycles. The molecule has 2 N–H and O–H groups in total. The summed E-state index contributed by atoms with van der Waals surface area (Å²) in [6.07, 6.45) is 0. The Labute approximate surface area is 70.5 Å². The Hall–Kier alpha value is -1.01. The van der Waals surface area contributed by atoms with Crippen LogP contribution in [-0.4, -0.2) is 25.4 Å². The Morgan fingerprint density at radius 1 is 1.50 bits per heavy atom. The van der Waals surface area contributed by atoms with Crippen molar-refractivity contribution in [1.29, 1.82) is 0 Å². The van der Waals surface area contributed by atoms with Crippen molar-refractivity contribution < 1.29 is 5.21 Å². The molecular weight excluding hydrogens is 158 g/mol. The second-order valence-electron chi connectivity index (χ2n) is 3.50. The molecule has 12 heavy (non-hydrogen) atoms. The van der Waals surface area contributed by atoms with Gasteiger partial charge in [0.15, 0.2) is 5.82 Å². The van der Waals surface area contributed by atoms with Crippen LogP contribution in [0.5, 0.6) is 0 Å². The van der Waals surface area contributed by atoms with E-state index in [0.29, 0.717) is 5.82 Å². The molecule has 0 fully saturated rings. The van der Waals surface area contributed by atoms with Gasteiger partial charge in [0.2, 0.25) is 0 Å². The van der Waals surface area contributed by atoms with E-state index in [2.05, 4.69) is 15.4 Å². The van der Waals surface area contributed by atoms with Crippen molar-refractivity contribution in [2.45, 2.75) is 32.9 Å². The minimum absolute atomic E-state index is 0.166. The van der Waals surface area contributed by atoms with E-state index in [1.54, 1.807) is 0 Å². The highest BCUT2D eigenvalue weighted by atomic mass is 16.5. The highest BCUT2D eigenvalue weighted by Crippen LogP contribution is 2.08. The van der Waals surface area contributed by atoms with Crippen molar-refractivity contribution in [2.24, 2.45) is 0 Å². The van der Waals surface area contributed by atoms with E-state index in [-0.39, 0.29) is 12.1 Å². The molecule has 68 valence electrons. The fraction of sp³-hybridized carbons (Fsp3) is 0.833. The maximum Gasteiger partial charge on any atom is 0.190 e. The zero-order chi connectivity index (χ0) is 9.19. The van der Waals surface area contributed by atoms with Gasteiger partial charge in [-0.1, -0.05) is 0 Å². The summed E-state index contributed by atoms with van der Waals surface area (Å²) in [6.45, 7) is 6.15. The average molecular weight is 171 g/mol. The fourth-order valence-electron chi connectivity index (χ4n) is 0.669. The van der Waals surface area contributed by atoms with E-state index in [4.69, 9.17) is 5.21 Å². The maximum absolute atomic E-state index is 8.36. The number of aromatic nitrogens is 4. The third-order valence-corrected chi connectivity index (χ3v) is 1.29. The maximum atomic E-state index is 8.36. The molecular formula is C6H13N5O. The van der Waals surface area contributed by atoms with Gasteiger partial charge in [0.1, 0.15) is 0 Å². The molecule has 0 saturated carbocycles. The summed E-state index contributed by atoms with van der Waals surface area (Å²) in [5.74, 6) is 0.479. The van der Waals surface area contributed by atoms with Gasteiger partial charge in [-0.3, -0.25) is 0 Å². The van der Waals surface area contributed by atoms with Gasteiger partial charge >= 0.3 is 0 Å². The van der Waals surface area contributed by atoms with Gasteiger partial charge in [-0.2, -0.15) is 10.3 Å². The summed E-state index contributed by atoms with van der Waals surface area (Å²) in [4.78, 5) is 1.51. The van der Waals surface area contributed by atoms with Crippen LogP contribution in [0.3, 0.4) is 0 Å². The molecule has 1 aromatic heterocycles. The van der Waals surface area contributed by atoms with Crippen LogP contribution >= 0.6 is 0 Å². The van der Waals surface area contributed by atoms with Crippen LogP contribution < -0.4 is 5.48 Å². The van der Waals surface area contributed by atoms with Crippen LogP contribution in [0.1, 0.15) is 26.6 Å². The molecule has 1 rings (SSSR count). The van der Waals surface area contributed by atoms with E-state index in [1.165, 1.54) is 4.80 Å². The van der Waals surface area contributed by atoms with Gasteiger partial charge in [-0.05, 0) is 26.0 Å². The van der Waals surface area contributed by atoms with Crippen LogP contribution in [0.25, 0.3) is 0 Å². The van der Waals surface area contributed by atoms with Gasteiger partial charge in [-0.25, -0.2) is 0 Å². The lowest BCUT2D eigenvalue weighted by Crippen LogP contribution is -2.25. The van der Waals surface area contributed by atoms with Crippen LogP contribution in [-0.2, 0) is 12.1 Å². The summed E-state index contributed by atoms with van der Waals surface area (Å²) >= 11 is 0. The SMILES string of the molecule is CC(C)(C)n1nnc(CNO)n1. The van der Waals surface area contributed by atoms with E-state index in [0.717, 1.165) is 0 Å². The smallest absolute Gasteiger partial charge is 0.190 e. The lowest BCUT2D eigenvalue weighted by Gasteiger charge is -2.15. The van der Waals surface area contributed by atoms with Crippen LogP contribution in [0.4, 0.5) is 0 Å². The lowest BCUT2D eigenvalue weighted by atomic mass is 10.1. The van der Waals surface area contributed by atoms with Gasteiger partial charge < -0.3 is 5.21 Å². The molecule has 1 heterocycles. The molecule has 0 unspecified atom stereocenters. The zero-order valence-electron chi connectivity index (χ0n) is 7.44. The molecule has 0 aliphatic rings. The minimum atomic E-state index is -0.166. The Bertz CT molecular complexity index is 251. The van der Waals surface area contributed by atoms with E-state index in [9.17, 15) is 0 Å². The number of hydroxylamine groups is 1. The largest absolute Gasteiger partial charge is 0.316 e. The summed E-state index contributed by atoms with van der Waals surface area (Å²) in [5, 5.41) is 20.0. The van der Waals surface area contributed by atoms with Gasteiger partial charge in [0.05, 0.1) is 12.1 Å².